The predicted octanol–water partition coefficient (Wildman–Crippen LogP) is 4.98. The van der Waals surface area contributed by atoms with Crippen molar-refractivity contribution in [2.75, 3.05) is 6.26 Å². The van der Waals surface area contributed by atoms with Gasteiger partial charge < -0.3 is 0 Å². The fourth-order valence-corrected chi connectivity index (χ4v) is 4.26. The molecular formula is C13H28S. The Hall–Kier alpha value is 0.350. The van der Waals surface area contributed by atoms with E-state index in [4.69, 9.17) is 0 Å². The van der Waals surface area contributed by atoms with Crippen molar-refractivity contribution in [1.29, 1.82) is 0 Å². The van der Waals surface area contributed by atoms with Gasteiger partial charge in [0.1, 0.15) is 0 Å². The fourth-order valence-electron chi connectivity index (χ4n) is 2.84. The standard InChI is InChI=1S/C13H28S/c1-8-12(6,11(4)5)13(9-2,10-3)14-7/h11H,8-10H2,1-7H3. The van der Waals surface area contributed by atoms with E-state index in [1.54, 1.807) is 0 Å². The van der Waals surface area contributed by atoms with Gasteiger partial charge in [-0.25, -0.2) is 0 Å². The molecule has 0 fully saturated rings. The first kappa shape index (κ1) is 14.3. The van der Waals surface area contributed by atoms with Crippen LogP contribution >= 0.6 is 11.8 Å². The maximum atomic E-state index is 2.47. The molecule has 1 unspecified atom stereocenters. The van der Waals surface area contributed by atoms with Crippen molar-refractivity contribution in [2.24, 2.45) is 11.3 Å². The van der Waals surface area contributed by atoms with Crippen LogP contribution in [0.25, 0.3) is 0 Å². The highest BCUT2D eigenvalue weighted by Crippen LogP contribution is 2.52. The van der Waals surface area contributed by atoms with Crippen molar-refractivity contribution in [2.45, 2.75) is 65.6 Å². The molecule has 0 radical (unpaired) electrons. The van der Waals surface area contributed by atoms with Crippen molar-refractivity contribution >= 4 is 11.8 Å². The fraction of sp³-hybridized carbons (Fsp3) is 1.00. The molecule has 0 aromatic heterocycles. The molecule has 1 atom stereocenters. The number of hydrogen-bond acceptors (Lipinski definition) is 1. The van der Waals surface area contributed by atoms with Crippen LogP contribution in [0.2, 0.25) is 0 Å². The summed E-state index contributed by atoms with van der Waals surface area (Å²) in [5, 5.41) is 0. The lowest BCUT2D eigenvalue weighted by molar-refractivity contribution is 0.127. The zero-order valence-electron chi connectivity index (χ0n) is 11.1. The molecule has 86 valence electrons. The predicted molar refractivity (Wildman–Crippen MR) is 70.1 cm³/mol. The van der Waals surface area contributed by atoms with Crippen LogP contribution in [0.4, 0.5) is 0 Å². The minimum atomic E-state index is 0.468. The third-order valence-corrected chi connectivity index (χ3v) is 6.41. The average molecular weight is 216 g/mol. The summed E-state index contributed by atoms with van der Waals surface area (Å²) in [4.78, 5) is 0. The molecule has 0 aromatic rings. The minimum absolute atomic E-state index is 0.468. The van der Waals surface area contributed by atoms with Gasteiger partial charge in [0.2, 0.25) is 0 Å². The average Bonchev–Trinajstić information content (AvgIpc) is 2.20. The second-order valence-corrected chi connectivity index (χ2v) is 6.02. The highest BCUT2D eigenvalue weighted by molar-refractivity contribution is 8.00. The third kappa shape index (κ3) is 2.13. The van der Waals surface area contributed by atoms with E-state index < -0.39 is 0 Å². The van der Waals surface area contributed by atoms with Crippen LogP contribution in [-0.2, 0) is 0 Å². The number of thioether (sulfide) groups is 1. The topological polar surface area (TPSA) is 0 Å². The maximum Gasteiger partial charge on any atom is 0.0208 e. The Balaban J connectivity index is 5.11. The van der Waals surface area contributed by atoms with Crippen molar-refractivity contribution in [3.8, 4) is 0 Å². The van der Waals surface area contributed by atoms with Gasteiger partial charge in [-0.3, -0.25) is 0 Å². The Labute approximate surface area is 95.2 Å². The van der Waals surface area contributed by atoms with Crippen molar-refractivity contribution in [3.63, 3.8) is 0 Å². The molecule has 0 aliphatic heterocycles. The molecule has 0 rings (SSSR count). The Morgan fingerprint density at radius 2 is 1.43 bits per heavy atom. The first-order valence-corrected chi connectivity index (χ1v) is 7.21. The third-order valence-electron chi connectivity index (χ3n) is 4.58. The van der Waals surface area contributed by atoms with Crippen LogP contribution in [0.3, 0.4) is 0 Å². The summed E-state index contributed by atoms with van der Waals surface area (Å²) in [6, 6.07) is 0. The summed E-state index contributed by atoms with van der Waals surface area (Å²) in [6.07, 6.45) is 6.14. The lowest BCUT2D eigenvalue weighted by Gasteiger charge is -2.50. The SMILES string of the molecule is CCC(CC)(SC)C(C)(CC)C(C)C. The summed E-state index contributed by atoms with van der Waals surface area (Å²) >= 11 is 2.08. The van der Waals surface area contributed by atoms with Crippen molar-refractivity contribution in [1.82, 2.24) is 0 Å². The molecule has 0 aliphatic carbocycles. The molecular weight excluding hydrogens is 188 g/mol. The van der Waals surface area contributed by atoms with Crippen LogP contribution in [0, 0.1) is 11.3 Å². The number of hydrogen-bond donors (Lipinski definition) is 0. The molecule has 0 heterocycles. The maximum absolute atomic E-state index is 2.47. The van der Waals surface area contributed by atoms with Crippen LogP contribution in [0.5, 0.6) is 0 Å². The van der Waals surface area contributed by atoms with Gasteiger partial charge in [0.05, 0.1) is 0 Å². The van der Waals surface area contributed by atoms with Crippen molar-refractivity contribution in [3.05, 3.63) is 0 Å². The molecule has 0 amide bonds. The summed E-state index contributed by atoms with van der Waals surface area (Å²) < 4.78 is 0.468. The van der Waals surface area contributed by atoms with E-state index in [9.17, 15) is 0 Å². The van der Waals surface area contributed by atoms with Gasteiger partial charge >= 0.3 is 0 Å². The summed E-state index contributed by atoms with van der Waals surface area (Å²) in [6.45, 7) is 14.3. The Kier molecular flexibility index (Phi) is 5.57. The molecule has 0 aromatic carbocycles. The number of rotatable bonds is 6. The summed E-state index contributed by atoms with van der Waals surface area (Å²) in [5.74, 6) is 0.764. The highest BCUT2D eigenvalue weighted by Gasteiger charge is 2.45. The summed E-state index contributed by atoms with van der Waals surface area (Å²) in [5.41, 5.74) is 0.468. The molecule has 0 nitrogen and oxygen atoms in total. The molecule has 0 saturated heterocycles. The molecule has 14 heavy (non-hydrogen) atoms. The van der Waals surface area contributed by atoms with Gasteiger partial charge in [-0.1, -0.05) is 41.5 Å². The molecule has 0 saturated carbocycles. The van der Waals surface area contributed by atoms with Gasteiger partial charge in [0, 0.05) is 4.75 Å². The van der Waals surface area contributed by atoms with Gasteiger partial charge in [-0.2, -0.15) is 11.8 Å². The molecule has 0 aliphatic rings. The molecule has 0 N–H and O–H groups in total. The van der Waals surface area contributed by atoms with E-state index in [0.29, 0.717) is 10.2 Å². The van der Waals surface area contributed by atoms with E-state index in [1.165, 1.54) is 19.3 Å². The monoisotopic (exact) mass is 216 g/mol. The molecule has 1 heteroatoms. The van der Waals surface area contributed by atoms with Gasteiger partial charge in [-0.05, 0) is 36.9 Å². The van der Waals surface area contributed by atoms with Crippen LogP contribution in [0.15, 0.2) is 0 Å². The highest BCUT2D eigenvalue weighted by atomic mass is 32.2. The second kappa shape index (κ2) is 5.44. The van der Waals surface area contributed by atoms with E-state index >= 15 is 0 Å². The van der Waals surface area contributed by atoms with E-state index in [0.717, 1.165) is 5.92 Å². The van der Waals surface area contributed by atoms with Crippen LogP contribution in [0.1, 0.15) is 60.8 Å². The smallest absolute Gasteiger partial charge is 0.0208 e. The quantitative estimate of drug-likeness (QED) is 0.603. The van der Waals surface area contributed by atoms with Crippen LogP contribution < -0.4 is 0 Å². The minimum Gasteiger partial charge on any atom is -0.158 e. The molecule has 0 bridgehead atoms. The largest absolute Gasteiger partial charge is 0.158 e. The van der Waals surface area contributed by atoms with Crippen LogP contribution in [-0.4, -0.2) is 11.0 Å². The first-order valence-electron chi connectivity index (χ1n) is 5.99. The van der Waals surface area contributed by atoms with Gasteiger partial charge in [0.15, 0.2) is 0 Å². The zero-order valence-corrected chi connectivity index (χ0v) is 11.9. The normalized spacial score (nSPS) is 17.1. The molecule has 0 spiro atoms. The second-order valence-electron chi connectivity index (χ2n) is 4.83. The van der Waals surface area contributed by atoms with Gasteiger partial charge in [-0.15, -0.1) is 0 Å². The van der Waals surface area contributed by atoms with Gasteiger partial charge in [0.25, 0.3) is 0 Å². The Morgan fingerprint density at radius 3 is 1.50 bits per heavy atom. The first-order chi connectivity index (χ1) is 6.44. The van der Waals surface area contributed by atoms with E-state index in [1.807, 2.05) is 0 Å². The lowest BCUT2D eigenvalue weighted by atomic mass is 9.65. The van der Waals surface area contributed by atoms with E-state index in [2.05, 4.69) is 59.6 Å². The zero-order chi connectivity index (χ0) is 11.4. The lowest BCUT2D eigenvalue weighted by Crippen LogP contribution is -2.45. The summed E-state index contributed by atoms with van der Waals surface area (Å²) in [7, 11) is 0. The Bertz CT molecular complexity index is 144. The van der Waals surface area contributed by atoms with Crippen molar-refractivity contribution < 1.29 is 0 Å². The Morgan fingerprint density at radius 1 is 1.00 bits per heavy atom. The van der Waals surface area contributed by atoms with E-state index in [-0.39, 0.29) is 0 Å².